The summed E-state index contributed by atoms with van der Waals surface area (Å²) >= 11 is 0. The number of imidazole rings is 1. The van der Waals surface area contributed by atoms with Crippen LogP contribution in [0.15, 0.2) is 72.9 Å². The molecule has 0 bridgehead atoms. The Morgan fingerprint density at radius 1 is 0.870 bits per heavy atom. The normalized spacial score (nSPS) is 10.8. The summed E-state index contributed by atoms with van der Waals surface area (Å²) in [6.45, 7) is 0. The van der Waals surface area contributed by atoms with Gasteiger partial charge in [0.05, 0.1) is 19.0 Å². The third-order valence-corrected chi connectivity index (χ3v) is 4.02. The number of rotatable bonds is 3. The first-order valence-corrected chi connectivity index (χ1v) is 7.53. The van der Waals surface area contributed by atoms with Gasteiger partial charge in [0.1, 0.15) is 11.6 Å². The summed E-state index contributed by atoms with van der Waals surface area (Å²) in [5.74, 6) is 1.73. The fourth-order valence-corrected chi connectivity index (χ4v) is 2.81. The molecule has 4 rings (SSSR count). The monoisotopic (exact) mass is 300 g/mol. The minimum atomic E-state index is 0.850. The molecular formula is C20H16N2O. The van der Waals surface area contributed by atoms with E-state index in [1.54, 1.807) is 7.11 Å². The Hall–Kier alpha value is -3.07. The second-order valence-electron chi connectivity index (χ2n) is 5.40. The topological polar surface area (TPSA) is 37.9 Å². The van der Waals surface area contributed by atoms with Crippen molar-refractivity contribution in [3.05, 3.63) is 72.9 Å². The Morgan fingerprint density at radius 2 is 1.65 bits per heavy atom. The second-order valence-corrected chi connectivity index (χ2v) is 5.40. The molecule has 3 aromatic carbocycles. The molecule has 0 saturated heterocycles. The number of aromatic amines is 1. The molecule has 0 amide bonds. The lowest BCUT2D eigenvalue weighted by Crippen LogP contribution is -1.84. The smallest absolute Gasteiger partial charge is 0.138 e. The zero-order chi connectivity index (χ0) is 15.6. The van der Waals surface area contributed by atoms with E-state index < -0.39 is 0 Å². The maximum Gasteiger partial charge on any atom is 0.138 e. The predicted octanol–water partition coefficient (Wildman–Crippen LogP) is 4.91. The Kier molecular flexibility index (Phi) is 3.31. The van der Waals surface area contributed by atoms with Crippen molar-refractivity contribution in [2.45, 2.75) is 0 Å². The molecule has 1 aromatic heterocycles. The van der Waals surface area contributed by atoms with Crippen LogP contribution in [0.5, 0.6) is 5.75 Å². The molecule has 3 nitrogen and oxygen atoms in total. The third-order valence-electron chi connectivity index (χ3n) is 4.02. The van der Waals surface area contributed by atoms with E-state index in [2.05, 4.69) is 52.4 Å². The molecule has 23 heavy (non-hydrogen) atoms. The molecular weight excluding hydrogens is 284 g/mol. The molecule has 0 saturated carbocycles. The van der Waals surface area contributed by atoms with Crippen molar-refractivity contribution in [3.63, 3.8) is 0 Å². The number of nitrogens with one attached hydrogen (secondary N) is 1. The van der Waals surface area contributed by atoms with Crippen LogP contribution >= 0.6 is 0 Å². The molecule has 4 aromatic rings. The van der Waals surface area contributed by atoms with Gasteiger partial charge in [0.2, 0.25) is 0 Å². The van der Waals surface area contributed by atoms with E-state index in [0.717, 1.165) is 28.4 Å². The van der Waals surface area contributed by atoms with Crippen LogP contribution in [0.2, 0.25) is 0 Å². The fourth-order valence-electron chi connectivity index (χ4n) is 2.81. The van der Waals surface area contributed by atoms with E-state index in [-0.39, 0.29) is 0 Å². The number of hydrogen-bond donors (Lipinski definition) is 1. The summed E-state index contributed by atoms with van der Waals surface area (Å²) in [5.41, 5.74) is 3.20. The maximum atomic E-state index is 5.20. The van der Waals surface area contributed by atoms with Gasteiger partial charge in [-0.3, -0.25) is 0 Å². The van der Waals surface area contributed by atoms with Crippen LogP contribution in [0.3, 0.4) is 0 Å². The van der Waals surface area contributed by atoms with Gasteiger partial charge in [0.15, 0.2) is 0 Å². The van der Waals surface area contributed by atoms with Gasteiger partial charge in [-0.1, -0.05) is 42.5 Å². The summed E-state index contributed by atoms with van der Waals surface area (Å²) in [6, 6.07) is 22.6. The summed E-state index contributed by atoms with van der Waals surface area (Å²) in [7, 11) is 1.67. The van der Waals surface area contributed by atoms with Gasteiger partial charge in [-0.2, -0.15) is 0 Å². The van der Waals surface area contributed by atoms with Gasteiger partial charge in [0.25, 0.3) is 0 Å². The average Bonchev–Trinajstić information content (AvgIpc) is 3.11. The first-order chi connectivity index (χ1) is 11.3. The highest BCUT2D eigenvalue weighted by Gasteiger charge is 2.08. The minimum Gasteiger partial charge on any atom is -0.497 e. The molecule has 0 aliphatic rings. The Bertz CT molecular complexity index is 949. The van der Waals surface area contributed by atoms with Gasteiger partial charge in [-0.25, -0.2) is 4.98 Å². The quantitative estimate of drug-likeness (QED) is 0.584. The van der Waals surface area contributed by atoms with Gasteiger partial charge in [-0.15, -0.1) is 0 Å². The maximum absolute atomic E-state index is 5.20. The van der Waals surface area contributed by atoms with Crippen molar-refractivity contribution in [2.75, 3.05) is 7.11 Å². The molecule has 0 atom stereocenters. The second kappa shape index (κ2) is 5.61. The number of hydrogen-bond acceptors (Lipinski definition) is 2. The van der Waals surface area contributed by atoms with Crippen LogP contribution in [0, 0.1) is 0 Å². The van der Waals surface area contributed by atoms with Crippen LogP contribution in [0.1, 0.15) is 0 Å². The lowest BCUT2D eigenvalue weighted by atomic mass is 10.0. The van der Waals surface area contributed by atoms with Crippen molar-refractivity contribution >= 4 is 10.8 Å². The van der Waals surface area contributed by atoms with Gasteiger partial charge < -0.3 is 9.72 Å². The van der Waals surface area contributed by atoms with E-state index >= 15 is 0 Å². The molecule has 112 valence electrons. The molecule has 3 heteroatoms. The van der Waals surface area contributed by atoms with Crippen LogP contribution in [-0.2, 0) is 0 Å². The van der Waals surface area contributed by atoms with Crippen LogP contribution in [0.25, 0.3) is 33.4 Å². The zero-order valence-corrected chi connectivity index (χ0v) is 12.8. The van der Waals surface area contributed by atoms with E-state index in [1.165, 1.54) is 10.8 Å². The Balaban J connectivity index is 1.77. The van der Waals surface area contributed by atoms with Crippen molar-refractivity contribution < 1.29 is 4.74 Å². The van der Waals surface area contributed by atoms with Crippen molar-refractivity contribution in [1.82, 2.24) is 9.97 Å². The number of nitrogens with zero attached hydrogens (tertiary/aromatic N) is 1. The van der Waals surface area contributed by atoms with Gasteiger partial charge >= 0.3 is 0 Å². The standard InChI is InChI=1S/C20H16N2O/c1-23-16-11-9-15(10-12-16)19-13-21-20(22-19)18-8-4-6-14-5-2-3-7-17(14)18/h2-13H,1H3,(H,21,22). The Morgan fingerprint density at radius 3 is 2.48 bits per heavy atom. The van der Waals surface area contributed by atoms with E-state index in [0.29, 0.717) is 0 Å². The molecule has 0 spiro atoms. The van der Waals surface area contributed by atoms with Crippen molar-refractivity contribution in [2.24, 2.45) is 0 Å². The minimum absolute atomic E-state index is 0.850. The van der Waals surface area contributed by atoms with Crippen molar-refractivity contribution in [3.8, 4) is 28.4 Å². The highest BCUT2D eigenvalue weighted by atomic mass is 16.5. The lowest BCUT2D eigenvalue weighted by Gasteiger charge is -2.04. The molecule has 0 fully saturated rings. The average molecular weight is 300 g/mol. The van der Waals surface area contributed by atoms with Crippen LogP contribution in [0.4, 0.5) is 0 Å². The van der Waals surface area contributed by atoms with Crippen LogP contribution < -0.4 is 4.74 Å². The van der Waals surface area contributed by atoms with E-state index in [1.807, 2.05) is 30.5 Å². The lowest BCUT2D eigenvalue weighted by molar-refractivity contribution is 0.415. The van der Waals surface area contributed by atoms with E-state index in [4.69, 9.17) is 4.74 Å². The number of H-pyrrole nitrogens is 1. The molecule has 0 radical (unpaired) electrons. The molecule has 0 aliphatic heterocycles. The first-order valence-electron chi connectivity index (χ1n) is 7.53. The SMILES string of the molecule is COc1ccc(-c2cnc(-c3cccc4ccccc34)[nH]2)cc1. The first kappa shape index (κ1) is 13.6. The highest BCUT2D eigenvalue weighted by Crippen LogP contribution is 2.28. The number of benzene rings is 3. The van der Waals surface area contributed by atoms with Crippen molar-refractivity contribution in [1.29, 1.82) is 0 Å². The van der Waals surface area contributed by atoms with Crippen LogP contribution in [-0.4, -0.2) is 17.1 Å². The Labute approximate surface area is 134 Å². The number of methoxy groups -OCH3 is 1. The zero-order valence-electron chi connectivity index (χ0n) is 12.8. The predicted molar refractivity (Wildman–Crippen MR) is 93.5 cm³/mol. The van der Waals surface area contributed by atoms with Gasteiger partial charge in [0, 0.05) is 5.56 Å². The molecule has 1 heterocycles. The number of aromatic nitrogens is 2. The fraction of sp³-hybridized carbons (Fsp3) is 0.0500. The number of ether oxygens (including phenoxy) is 1. The van der Waals surface area contributed by atoms with Gasteiger partial charge in [-0.05, 0) is 40.6 Å². The molecule has 1 N–H and O–H groups in total. The highest BCUT2D eigenvalue weighted by molar-refractivity contribution is 5.95. The largest absolute Gasteiger partial charge is 0.497 e. The third kappa shape index (κ3) is 2.46. The summed E-state index contributed by atoms with van der Waals surface area (Å²) in [5, 5.41) is 2.41. The number of fused-ring (bicyclic) bond motifs is 1. The summed E-state index contributed by atoms with van der Waals surface area (Å²) in [6.07, 6.45) is 1.87. The van der Waals surface area contributed by atoms with E-state index in [9.17, 15) is 0 Å². The molecule has 0 unspecified atom stereocenters. The summed E-state index contributed by atoms with van der Waals surface area (Å²) < 4.78 is 5.20. The molecule has 0 aliphatic carbocycles. The summed E-state index contributed by atoms with van der Waals surface area (Å²) in [4.78, 5) is 7.99.